The minimum atomic E-state index is -3.51. The second-order valence-electron chi connectivity index (χ2n) is 7.01. The van der Waals surface area contributed by atoms with Gasteiger partial charge in [-0.15, -0.1) is 11.3 Å². The van der Waals surface area contributed by atoms with Gasteiger partial charge in [-0.05, 0) is 48.9 Å². The van der Waals surface area contributed by atoms with Crippen LogP contribution < -0.4 is 10.0 Å². The van der Waals surface area contributed by atoms with E-state index < -0.39 is 10.0 Å². The minimum Gasteiger partial charge on any atom is -0.369 e. The normalized spacial score (nSPS) is 16.1. The highest BCUT2D eigenvalue weighted by Crippen LogP contribution is 2.23. The van der Waals surface area contributed by atoms with Gasteiger partial charge in [0.2, 0.25) is 10.0 Å². The van der Waals surface area contributed by atoms with Gasteiger partial charge in [-0.25, -0.2) is 18.1 Å². The zero-order valence-electron chi connectivity index (χ0n) is 15.9. The van der Waals surface area contributed by atoms with Crippen LogP contribution >= 0.6 is 11.3 Å². The van der Waals surface area contributed by atoms with E-state index in [9.17, 15) is 8.42 Å². The number of thiophene rings is 1. The van der Waals surface area contributed by atoms with Crippen LogP contribution in [0.3, 0.4) is 0 Å². The van der Waals surface area contributed by atoms with Gasteiger partial charge in [0.15, 0.2) is 0 Å². The van der Waals surface area contributed by atoms with E-state index in [0.717, 1.165) is 45.4 Å². The number of sulfonamides is 1. The van der Waals surface area contributed by atoms with E-state index in [0.29, 0.717) is 5.82 Å². The molecule has 0 fully saturated rings. The molecular formula is C19H28N4O2S2. The van der Waals surface area contributed by atoms with E-state index in [1.165, 1.54) is 16.6 Å². The first-order chi connectivity index (χ1) is 13.0. The second-order valence-corrected chi connectivity index (χ2v) is 9.73. The Labute approximate surface area is 166 Å². The number of rotatable bonds is 9. The molecular weight excluding hydrogens is 380 g/mol. The summed E-state index contributed by atoms with van der Waals surface area (Å²) in [5.74, 6) is 0.698. The van der Waals surface area contributed by atoms with Crippen molar-refractivity contribution in [2.45, 2.75) is 50.6 Å². The van der Waals surface area contributed by atoms with Crippen molar-refractivity contribution in [2.75, 3.05) is 25.0 Å². The third-order valence-electron chi connectivity index (χ3n) is 4.75. The smallest absolute Gasteiger partial charge is 0.242 e. The summed E-state index contributed by atoms with van der Waals surface area (Å²) in [7, 11) is -3.51. The number of anilines is 1. The first-order valence-corrected chi connectivity index (χ1v) is 11.8. The Hall–Kier alpha value is -1.48. The molecule has 0 spiro atoms. The lowest BCUT2D eigenvalue weighted by Gasteiger charge is -2.26. The molecule has 3 rings (SSSR count). The fourth-order valence-electron chi connectivity index (χ4n) is 3.31. The Kier molecular flexibility index (Phi) is 6.86. The summed E-state index contributed by atoms with van der Waals surface area (Å²) in [6.45, 7) is 7.73. The molecule has 8 heteroatoms. The molecule has 1 unspecified atom stereocenters. The number of nitrogens with one attached hydrogen (secondary N) is 2. The van der Waals surface area contributed by atoms with E-state index in [2.05, 4.69) is 31.4 Å². The van der Waals surface area contributed by atoms with Crippen LogP contribution in [0.5, 0.6) is 0 Å². The topological polar surface area (TPSA) is 74.3 Å². The van der Waals surface area contributed by atoms with Gasteiger partial charge in [0, 0.05) is 43.3 Å². The Balaban J connectivity index is 1.48. The third kappa shape index (κ3) is 5.51. The summed E-state index contributed by atoms with van der Waals surface area (Å²) in [5, 5.41) is 5.45. The zero-order chi connectivity index (χ0) is 19.3. The van der Waals surface area contributed by atoms with Crippen molar-refractivity contribution in [1.29, 1.82) is 0 Å². The molecule has 1 atom stereocenters. The molecule has 148 valence electrons. The van der Waals surface area contributed by atoms with Crippen LogP contribution in [0.4, 0.5) is 5.82 Å². The maximum atomic E-state index is 12.4. The van der Waals surface area contributed by atoms with Gasteiger partial charge in [0.05, 0.1) is 0 Å². The van der Waals surface area contributed by atoms with Crippen LogP contribution in [-0.4, -0.2) is 44.0 Å². The first kappa shape index (κ1) is 20.3. The maximum absolute atomic E-state index is 12.4. The van der Waals surface area contributed by atoms with Crippen LogP contribution in [0.25, 0.3) is 0 Å². The Morgan fingerprint density at radius 1 is 1.33 bits per heavy atom. The molecule has 2 N–H and O–H groups in total. The summed E-state index contributed by atoms with van der Waals surface area (Å²) in [6.07, 6.45) is 4.30. The van der Waals surface area contributed by atoms with E-state index in [1.54, 1.807) is 12.1 Å². The van der Waals surface area contributed by atoms with Crippen LogP contribution in [-0.2, 0) is 23.0 Å². The molecule has 1 aliphatic heterocycles. The number of fused-ring (bicyclic) bond motifs is 1. The molecule has 0 amide bonds. The lowest BCUT2D eigenvalue weighted by atomic mass is 10.1. The molecule has 0 saturated carbocycles. The molecule has 6 nitrogen and oxygen atoms in total. The SMILES string of the molecule is CCCC(C)NS(=O)(=O)c1ccc(NCCN2CCc3sccc3C2)nc1. The summed E-state index contributed by atoms with van der Waals surface area (Å²) in [6, 6.07) is 5.47. The van der Waals surface area contributed by atoms with Crippen molar-refractivity contribution in [3.8, 4) is 0 Å². The number of hydrogen-bond donors (Lipinski definition) is 2. The van der Waals surface area contributed by atoms with Gasteiger partial charge in [0.1, 0.15) is 10.7 Å². The van der Waals surface area contributed by atoms with Crippen LogP contribution in [0.1, 0.15) is 37.1 Å². The minimum absolute atomic E-state index is 0.0777. The highest BCUT2D eigenvalue weighted by Gasteiger charge is 2.18. The average molecular weight is 409 g/mol. The van der Waals surface area contributed by atoms with Crippen LogP contribution in [0, 0.1) is 0 Å². The highest BCUT2D eigenvalue weighted by molar-refractivity contribution is 7.89. The van der Waals surface area contributed by atoms with Crippen molar-refractivity contribution in [2.24, 2.45) is 0 Å². The fraction of sp³-hybridized carbons (Fsp3) is 0.526. The molecule has 0 saturated heterocycles. The monoisotopic (exact) mass is 408 g/mol. The highest BCUT2D eigenvalue weighted by atomic mass is 32.2. The van der Waals surface area contributed by atoms with Gasteiger partial charge in [-0.1, -0.05) is 13.3 Å². The van der Waals surface area contributed by atoms with Gasteiger partial charge < -0.3 is 5.32 Å². The second kappa shape index (κ2) is 9.14. The molecule has 0 bridgehead atoms. The predicted octanol–water partition coefficient (Wildman–Crippen LogP) is 3.08. The Bertz CT molecular complexity index is 834. The molecule has 0 radical (unpaired) electrons. The molecule has 0 aliphatic carbocycles. The first-order valence-electron chi connectivity index (χ1n) is 9.48. The van der Waals surface area contributed by atoms with Crippen molar-refractivity contribution < 1.29 is 8.42 Å². The summed E-state index contributed by atoms with van der Waals surface area (Å²) in [4.78, 5) is 8.41. The lowest BCUT2D eigenvalue weighted by Crippen LogP contribution is -2.33. The van der Waals surface area contributed by atoms with Crippen LogP contribution in [0.15, 0.2) is 34.7 Å². The molecule has 27 heavy (non-hydrogen) atoms. The van der Waals surface area contributed by atoms with Crippen molar-refractivity contribution in [3.63, 3.8) is 0 Å². The average Bonchev–Trinajstić information content (AvgIpc) is 3.10. The summed E-state index contributed by atoms with van der Waals surface area (Å²) >= 11 is 1.85. The summed E-state index contributed by atoms with van der Waals surface area (Å²) < 4.78 is 27.4. The third-order valence-corrected chi connectivity index (χ3v) is 7.34. The van der Waals surface area contributed by atoms with E-state index in [-0.39, 0.29) is 10.9 Å². The Morgan fingerprint density at radius 3 is 2.93 bits per heavy atom. The van der Waals surface area contributed by atoms with Gasteiger partial charge >= 0.3 is 0 Å². The summed E-state index contributed by atoms with van der Waals surface area (Å²) in [5.41, 5.74) is 1.45. The predicted molar refractivity (Wildman–Crippen MR) is 111 cm³/mol. The Morgan fingerprint density at radius 2 is 2.19 bits per heavy atom. The van der Waals surface area contributed by atoms with Crippen molar-refractivity contribution in [1.82, 2.24) is 14.6 Å². The molecule has 2 aromatic rings. The maximum Gasteiger partial charge on any atom is 0.242 e. The van der Waals surface area contributed by atoms with Gasteiger partial charge in [0.25, 0.3) is 0 Å². The number of hydrogen-bond acceptors (Lipinski definition) is 6. The van der Waals surface area contributed by atoms with E-state index >= 15 is 0 Å². The van der Waals surface area contributed by atoms with Crippen LogP contribution in [0.2, 0.25) is 0 Å². The van der Waals surface area contributed by atoms with Gasteiger partial charge in [-0.3, -0.25) is 4.90 Å². The molecule has 3 heterocycles. The molecule has 0 aromatic carbocycles. The molecule has 1 aliphatic rings. The number of nitrogens with zero attached hydrogens (tertiary/aromatic N) is 2. The van der Waals surface area contributed by atoms with Crippen molar-refractivity contribution >= 4 is 27.2 Å². The standard InChI is InChI=1S/C19H28N4O2S2/c1-3-4-15(2)22-27(24,25)17-5-6-19(21-13-17)20-9-11-23-10-7-18-16(14-23)8-12-26-18/h5-6,8,12-13,15,22H,3-4,7,9-11,14H2,1-2H3,(H,20,21). The fourth-order valence-corrected chi connectivity index (χ4v) is 5.42. The zero-order valence-corrected chi connectivity index (χ0v) is 17.6. The van der Waals surface area contributed by atoms with Crippen molar-refractivity contribution in [3.05, 3.63) is 40.2 Å². The van der Waals surface area contributed by atoms with E-state index in [1.807, 2.05) is 25.2 Å². The quantitative estimate of drug-likeness (QED) is 0.667. The largest absolute Gasteiger partial charge is 0.369 e. The number of aromatic nitrogens is 1. The molecule has 2 aromatic heterocycles. The van der Waals surface area contributed by atoms with Gasteiger partial charge in [-0.2, -0.15) is 0 Å². The number of pyridine rings is 1. The van der Waals surface area contributed by atoms with E-state index in [4.69, 9.17) is 0 Å². The lowest BCUT2D eigenvalue weighted by molar-refractivity contribution is 0.266.